The Bertz CT molecular complexity index is 378. The van der Waals surface area contributed by atoms with Gasteiger partial charge in [0.1, 0.15) is 0 Å². The second-order valence-corrected chi connectivity index (χ2v) is 4.74. The third kappa shape index (κ3) is 2.53. The number of alkyl halides is 1. The van der Waals surface area contributed by atoms with Crippen molar-refractivity contribution in [3.05, 3.63) is 23.1 Å². The summed E-state index contributed by atoms with van der Waals surface area (Å²) in [6.07, 6.45) is 1.98. The highest BCUT2D eigenvalue weighted by Gasteiger charge is 2.27. The van der Waals surface area contributed by atoms with Crippen molar-refractivity contribution in [3.8, 4) is 0 Å². The van der Waals surface area contributed by atoms with Gasteiger partial charge in [0, 0.05) is 19.0 Å². The molecule has 2 rings (SSSR count). The fraction of sp³-hybridized carbons (Fsp3) is 0.545. The summed E-state index contributed by atoms with van der Waals surface area (Å²) in [5.41, 5.74) is 0. The summed E-state index contributed by atoms with van der Waals surface area (Å²) >= 11 is 11.3. The van der Waals surface area contributed by atoms with E-state index in [1.54, 1.807) is 17.0 Å². The smallest absolute Gasteiger partial charge is 0.289 e. The van der Waals surface area contributed by atoms with Crippen LogP contribution in [0.2, 0.25) is 5.22 Å². The average Bonchev–Trinajstić information content (AvgIpc) is 2.87. The van der Waals surface area contributed by atoms with Gasteiger partial charge in [-0.2, -0.15) is 0 Å². The van der Waals surface area contributed by atoms with Crippen LogP contribution in [0.15, 0.2) is 16.5 Å². The summed E-state index contributed by atoms with van der Waals surface area (Å²) in [6, 6.07) is 3.20. The second-order valence-electron chi connectivity index (χ2n) is 3.99. The number of likely N-dealkylation sites (tertiary alicyclic amines) is 1. The van der Waals surface area contributed by atoms with Crippen molar-refractivity contribution in [2.24, 2.45) is 5.92 Å². The predicted octanol–water partition coefficient (Wildman–Crippen LogP) is 3.02. The van der Waals surface area contributed by atoms with Crippen molar-refractivity contribution in [3.63, 3.8) is 0 Å². The van der Waals surface area contributed by atoms with Crippen LogP contribution >= 0.6 is 23.2 Å². The molecule has 1 amide bonds. The summed E-state index contributed by atoms with van der Waals surface area (Å²) in [5, 5.41) is 0.250. The molecule has 1 atom stereocenters. The van der Waals surface area contributed by atoms with Crippen LogP contribution in [-0.4, -0.2) is 29.8 Å². The number of rotatable bonds is 3. The van der Waals surface area contributed by atoms with Gasteiger partial charge in [-0.25, -0.2) is 0 Å². The minimum Gasteiger partial charge on any atom is -0.440 e. The molecule has 0 saturated carbocycles. The molecule has 0 N–H and O–H groups in total. The van der Waals surface area contributed by atoms with E-state index in [4.69, 9.17) is 27.6 Å². The Hall–Kier alpha value is -0.670. The number of carbonyl (C=O) groups excluding carboxylic acids is 1. The lowest BCUT2D eigenvalue weighted by molar-refractivity contribution is 0.0755. The van der Waals surface area contributed by atoms with Crippen LogP contribution in [-0.2, 0) is 0 Å². The molecule has 2 heterocycles. The SMILES string of the molecule is O=C(c1ccc(Cl)o1)N1CCC(CCCl)C1. The lowest BCUT2D eigenvalue weighted by atomic mass is 10.1. The number of hydrogen-bond donors (Lipinski definition) is 0. The van der Waals surface area contributed by atoms with E-state index >= 15 is 0 Å². The Morgan fingerprint density at radius 3 is 3.00 bits per heavy atom. The van der Waals surface area contributed by atoms with Crippen LogP contribution in [0.5, 0.6) is 0 Å². The quantitative estimate of drug-likeness (QED) is 0.784. The number of amides is 1. The van der Waals surface area contributed by atoms with Crippen molar-refractivity contribution in [2.45, 2.75) is 12.8 Å². The molecule has 16 heavy (non-hydrogen) atoms. The van der Waals surface area contributed by atoms with Crippen LogP contribution in [0.3, 0.4) is 0 Å². The van der Waals surface area contributed by atoms with Crippen molar-refractivity contribution in [1.29, 1.82) is 0 Å². The summed E-state index contributed by atoms with van der Waals surface area (Å²) < 4.78 is 5.10. The van der Waals surface area contributed by atoms with Crippen LogP contribution < -0.4 is 0 Å². The van der Waals surface area contributed by atoms with E-state index in [2.05, 4.69) is 0 Å². The Kier molecular flexibility index (Phi) is 3.77. The van der Waals surface area contributed by atoms with Crippen LogP contribution in [0, 0.1) is 5.92 Å². The molecule has 5 heteroatoms. The Balaban J connectivity index is 1.97. The fourth-order valence-electron chi connectivity index (χ4n) is 1.99. The normalized spacial score (nSPS) is 20.4. The zero-order chi connectivity index (χ0) is 11.5. The largest absolute Gasteiger partial charge is 0.440 e. The van der Waals surface area contributed by atoms with Gasteiger partial charge in [0.05, 0.1) is 0 Å². The van der Waals surface area contributed by atoms with Gasteiger partial charge in [-0.1, -0.05) is 0 Å². The van der Waals surface area contributed by atoms with E-state index in [-0.39, 0.29) is 11.1 Å². The molecular formula is C11H13Cl2NO2. The average molecular weight is 262 g/mol. The summed E-state index contributed by atoms with van der Waals surface area (Å²) in [6.45, 7) is 1.54. The third-order valence-corrected chi connectivity index (χ3v) is 3.30. The third-order valence-electron chi connectivity index (χ3n) is 2.87. The molecule has 0 spiro atoms. The van der Waals surface area contributed by atoms with E-state index in [1.165, 1.54) is 0 Å². The van der Waals surface area contributed by atoms with Crippen molar-refractivity contribution >= 4 is 29.1 Å². The maximum atomic E-state index is 12.0. The van der Waals surface area contributed by atoms with E-state index in [9.17, 15) is 4.79 Å². The summed E-state index contributed by atoms with van der Waals surface area (Å²) in [7, 11) is 0. The first-order valence-electron chi connectivity index (χ1n) is 5.31. The van der Waals surface area contributed by atoms with Crippen molar-refractivity contribution in [1.82, 2.24) is 4.90 Å². The molecule has 1 fully saturated rings. The molecule has 3 nitrogen and oxygen atoms in total. The molecule has 0 aromatic carbocycles. The number of hydrogen-bond acceptors (Lipinski definition) is 2. The number of nitrogens with zero attached hydrogens (tertiary/aromatic N) is 1. The number of carbonyl (C=O) groups is 1. The van der Waals surface area contributed by atoms with Crippen LogP contribution in [0.4, 0.5) is 0 Å². The standard InChI is InChI=1S/C11H13Cl2NO2/c12-5-3-8-4-6-14(7-8)11(15)9-1-2-10(13)16-9/h1-2,8H,3-7H2. The van der Waals surface area contributed by atoms with Gasteiger partial charge in [-0.15, -0.1) is 11.6 Å². The monoisotopic (exact) mass is 261 g/mol. The first-order valence-corrected chi connectivity index (χ1v) is 6.22. The highest BCUT2D eigenvalue weighted by molar-refractivity contribution is 6.29. The Morgan fingerprint density at radius 1 is 1.56 bits per heavy atom. The van der Waals surface area contributed by atoms with Gasteiger partial charge in [0.25, 0.3) is 5.91 Å². The molecule has 1 aliphatic rings. The maximum absolute atomic E-state index is 12.0. The van der Waals surface area contributed by atoms with Gasteiger partial charge in [0.15, 0.2) is 11.0 Å². The van der Waals surface area contributed by atoms with Gasteiger partial charge in [0.2, 0.25) is 0 Å². The highest BCUT2D eigenvalue weighted by Crippen LogP contribution is 2.23. The van der Waals surface area contributed by atoms with Gasteiger partial charge >= 0.3 is 0 Å². The minimum absolute atomic E-state index is 0.0797. The van der Waals surface area contributed by atoms with Gasteiger partial charge in [-0.3, -0.25) is 4.79 Å². The molecule has 1 aromatic rings. The van der Waals surface area contributed by atoms with E-state index in [1.807, 2.05) is 0 Å². The van der Waals surface area contributed by atoms with E-state index < -0.39 is 0 Å². The lowest BCUT2D eigenvalue weighted by Gasteiger charge is -2.14. The van der Waals surface area contributed by atoms with Gasteiger partial charge in [-0.05, 0) is 42.5 Å². The first kappa shape index (κ1) is 11.8. The zero-order valence-electron chi connectivity index (χ0n) is 8.79. The van der Waals surface area contributed by atoms with Crippen LogP contribution in [0.1, 0.15) is 23.4 Å². The molecule has 0 bridgehead atoms. The second kappa shape index (κ2) is 5.11. The first-order chi connectivity index (χ1) is 7.70. The minimum atomic E-state index is -0.0797. The number of halogens is 2. The summed E-state index contributed by atoms with van der Waals surface area (Å²) in [5.74, 6) is 1.41. The lowest BCUT2D eigenvalue weighted by Crippen LogP contribution is -2.28. The number of furan rings is 1. The predicted molar refractivity (Wildman–Crippen MR) is 63.1 cm³/mol. The fourth-order valence-corrected chi connectivity index (χ4v) is 2.45. The van der Waals surface area contributed by atoms with Crippen molar-refractivity contribution in [2.75, 3.05) is 19.0 Å². The Morgan fingerprint density at radius 2 is 2.38 bits per heavy atom. The van der Waals surface area contributed by atoms with E-state index in [0.29, 0.717) is 17.6 Å². The molecule has 0 radical (unpaired) electrons. The van der Waals surface area contributed by atoms with Gasteiger partial charge < -0.3 is 9.32 Å². The van der Waals surface area contributed by atoms with Crippen molar-refractivity contribution < 1.29 is 9.21 Å². The van der Waals surface area contributed by atoms with Crippen LogP contribution in [0.25, 0.3) is 0 Å². The highest BCUT2D eigenvalue weighted by atomic mass is 35.5. The molecule has 0 aliphatic carbocycles. The zero-order valence-corrected chi connectivity index (χ0v) is 10.3. The summed E-state index contributed by atoms with van der Waals surface area (Å²) in [4.78, 5) is 13.7. The molecule has 1 aromatic heterocycles. The molecule has 88 valence electrons. The molecule has 1 aliphatic heterocycles. The molecular weight excluding hydrogens is 249 g/mol. The molecule has 1 saturated heterocycles. The topological polar surface area (TPSA) is 33.5 Å². The van der Waals surface area contributed by atoms with E-state index in [0.717, 1.165) is 25.9 Å². The Labute approximate surface area is 104 Å². The molecule has 1 unspecified atom stereocenters. The maximum Gasteiger partial charge on any atom is 0.289 e.